The number of pyridine rings is 2. The molecule has 2 aromatic rings. The van der Waals surface area contributed by atoms with E-state index in [1.807, 2.05) is 30.7 Å². The lowest BCUT2D eigenvalue weighted by Gasteiger charge is -2.35. The molecule has 0 unspecified atom stereocenters. The summed E-state index contributed by atoms with van der Waals surface area (Å²) in [5.74, 6) is 1.06. The molecule has 0 spiro atoms. The first-order valence-corrected chi connectivity index (χ1v) is 8.68. The predicted octanol–water partition coefficient (Wildman–Crippen LogP) is 2.69. The zero-order chi connectivity index (χ0) is 16.8. The molecule has 0 N–H and O–H groups in total. The summed E-state index contributed by atoms with van der Waals surface area (Å²) in [4.78, 5) is 13.5. The van der Waals surface area contributed by atoms with Gasteiger partial charge in [0.15, 0.2) is 0 Å². The lowest BCUT2D eigenvalue weighted by Crippen LogP contribution is -2.47. The first-order chi connectivity index (χ1) is 11.7. The molecule has 0 bridgehead atoms. The number of nitrogens with zero attached hydrogens (tertiary/aromatic N) is 4. The van der Waals surface area contributed by atoms with Crippen molar-refractivity contribution in [2.75, 3.05) is 44.2 Å². The van der Waals surface area contributed by atoms with Gasteiger partial charge < -0.3 is 9.64 Å². The number of anilines is 1. The fourth-order valence-electron chi connectivity index (χ4n) is 2.91. The minimum Gasteiger partial charge on any atom is -0.377 e. The smallest absolute Gasteiger partial charge is 0.128 e. The van der Waals surface area contributed by atoms with Crippen molar-refractivity contribution in [1.82, 2.24) is 14.9 Å². The van der Waals surface area contributed by atoms with Crippen molar-refractivity contribution in [3.8, 4) is 11.1 Å². The molecule has 1 aliphatic heterocycles. The minimum atomic E-state index is 0.314. The molecule has 1 saturated heterocycles. The van der Waals surface area contributed by atoms with Crippen molar-refractivity contribution in [3.05, 3.63) is 42.9 Å². The molecule has 5 nitrogen and oxygen atoms in total. The molecule has 24 heavy (non-hydrogen) atoms. The number of piperazine rings is 1. The Bertz CT molecular complexity index is 607. The summed E-state index contributed by atoms with van der Waals surface area (Å²) in [6.45, 7) is 10.2. The second kappa shape index (κ2) is 8.22. The van der Waals surface area contributed by atoms with E-state index < -0.39 is 0 Å². The normalized spacial score (nSPS) is 15.9. The Hall–Kier alpha value is -1.98. The predicted molar refractivity (Wildman–Crippen MR) is 97.2 cm³/mol. The summed E-state index contributed by atoms with van der Waals surface area (Å²) in [6, 6.07) is 8.27. The Morgan fingerprint density at radius 1 is 1.00 bits per heavy atom. The molecule has 0 atom stereocenters. The van der Waals surface area contributed by atoms with Crippen molar-refractivity contribution in [1.29, 1.82) is 0 Å². The molecule has 0 amide bonds. The Morgan fingerprint density at radius 2 is 1.75 bits per heavy atom. The summed E-state index contributed by atoms with van der Waals surface area (Å²) in [5, 5.41) is 0. The molecule has 0 radical (unpaired) electrons. The molecule has 128 valence electrons. The van der Waals surface area contributed by atoms with Gasteiger partial charge in [-0.1, -0.05) is 0 Å². The van der Waals surface area contributed by atoms with Crippen molar-refractivity contribution < 1.29 is 4.74 Å². The van der Waals surface area contributed by atoms with Gasteiger partial charge in [0.25, 0.3) is 0 Å². The van der Waals surface area contributed by atoms with E-state index in [2.05, 4.69) is 45.7 Å². The zero-order valence-electron chi connectivity index (χ0n) is 14.6. The van der Waals surface area contributed by atoms with Crippen LogP contribution in [0.1, 0.15) is 13.8 Å². The van der Waals surface area contributed by atoms with E-state index in [1.54, 1.807) is 0 Å². The molecule has 0 saturated carbocycles. The Labute approximate surface area is 144 Å². The quantitative estimate of drug-likeness (QED) is 0.816. The van der Waals surface area contributed by atoms with E-state index in [-0.39, 0.29) is 0 Å². The van der Waals surface area contributed by atoms with Crippen LogP contribution in [0.4, 0.5) is 5.82 Å². The average Bonchev–Trinajstić information content (AvgIpc) is 2.63. The highest BCUT2D eigenvalue weighted by Crippen LogP contribution is 2.20. The van der Waals surface area contributed by atoms with Gasteiger partial charge in [-0.3, -0.25) is 9.88 Å². The first kappa shape index (κ1) is 16.9. The Kier molecular flexibility index (Phi) is 5.77. The van der Waals surface area contributed by atoms with Crippen LogP contribution in [0.15, 0.2) is 42.9 Å². The molecule has 3 heterocycles. The third-order valence-electron chi connectivity index (χ3n) is 4.32. The van der Waals surface area contributed by atoms with Gasteiger partial charge in [-0.25, -0.2) is 4.98 Å². The van der Waals surface area contributed by atoms with Gasteiger partial charge in [0, 0.05) is 56.9 Å². The van der Waals surface area contributed by atoms with E-state index in [9.17, 15) is 0 Å². The first-order valence-electron chi connectivity index (χ1n) is 8.68. The summed E-state index contributed by atoms with van der Waals surface area (Å²) in [7, 11) is 0. The lowest BCUT2D eigenvalue weighted by atomic mass is 10.1. The highest BCUT2D eigenvalue weighted by molar-refractivity contribution is 5.63. The van der Waals surface area contributed by atoms with Gasteiger partial charge in [0.2, 0.25) is 0 Å². The van der Waals surface area contributed by atoms with Crippen molar-refractivity contribution in [3.63, 3.8) is 0 Å². The maximum absolute atomic E-state index is 5.64. The second-order valence-corrected chi connectivity index (χ2v) is 6.39. The summed E-state index contributed by atoms with van der Waals surface area (Å²) in [6.07, 6.45) is 5.89. The third-order valence-corrected chi connectivity index (χ3v) is 4.32. The van der Waals surface area contributed by atoms with Gasteiger partial charge in [-0.2, -0.15) is 0 Å². The number of hydrogen-bond acceptors (Lipinski definition) is 5. The number of rotatable bonds is 6. The van der Waals surface area contributed by atoms with Gasteiger partial charge in [-0.15, -0.1) is 0 Å². The van der Waals surface area contributed by atoms with E-state index in [0.717, 1.165) is 56.3 Å². The van der Waals surface area contributed by atoms with Gasteiger partial charge in [0.05, 0.1) is 12.7 Å². The fraction of sp³-hybridized carbons (Fsp3) is 0.474. The largest absolute Gasteiger partial charge is 0.377 e. The van der Waals surface area contributed by atoms with Crippen LogP contribution in [0.5, 0.6) is 0 Å². The van der Waals surface area contributed by atoms with Crippen molar-refractivity contribution in [2.45, 2.75) is 20.0 Å². The van der Waals surface area contributed by atoms with Gasteiger partial charge in [0.1, 0.15) is 5.82 Å². The molecule has 3 rings (SSSR count). The molecule has 5 heteroatoms. The van der Waals surface area contributed by atoms with E-state index >= 15 is 0 Å². The molecular weight excluding hydrogens is 300 g/mol. The minimum absolute atomic E-state index is 0.314. The third kappa shape index (κ3) is 4.52. The molecule has 1 fully saturated rings. The van der Waals surface area contributed by atoms with Gasteiger partial charge >= 0.3 is 0 Å². The summed E-state index contributed by atoms with van der Waals surface area (Å²) >= 11 is 0. The highest BCUT2D eigenvalue weighted by atomic mass is 16.5. The maximum Gasteiger partial charge on any atom is 0.128 e. The molecule has 0 aliphatic carbocycles. The SMILES string of the molecule is CC(C)OCCN1CCN(c2ccc(-c3ccncc3)cn2)CC1. The van der Waals surface area contributed by atoms with Crippen LogP contribution in [0, 0.1) is 0 Å². The second-order valence-electron chi connectivity index (χ2n) is 6.39. The van der Waals surface area contributed by atoms with Crippen molar-refractivity contribution in [2.24, 2.45) is 0 Å². The monoisotopic (exact) mass is 326 g/mol. The fourth-order valence-corrected chi connectivity index (χ4v) is 2.91. The molecule has 1 aliphatic rings. The number of ether oxygens (including phenoxy) is 1. The summed E-state index contributed by atoms with van der Waals surface area (Å²) in [5.41, 5.74) is 2.28. The van der Waals surface area contributed by atoms with E-state index in [4.69, 9.17) is 4.74 Å². The van der Waals surface area contributed by atoms with Crippen molar-refractivity contribution >= 4 is 5.82 Å². The molecular formula is C19H26N4O. The highest BCUT2D eigenvalue weighted by Gasteiger charge is 2.17. The Morgan fingerprint density at radius 3 is 2.38 bits per heavy atom. The summed E-state index contributed by atoms with van der Waals surface area (Å²) < 4.78 is 5.64. The molecule has 0 aromatic carbocycles. The van der Waals surface area contributed by atoms with Crippen LogP contribution in [0.3, 0.4) is 0 Å². The van der Waals surface area contributed by atoms with Crippen LogP contribution in [-0.4, -0.2) is 60.3 Å². The zero-order valence-corrected chi connectivity index (χ0v) is 14.6. The maximum atomic E-state index is 5.64. The van der Waals surface area contributed by atoms with E-state index in [0.29, 0.717) is 6.10 Å². The number of aromatic nitrogens is 2. The van der Waals surface area contributed by atoms with E-state index in [1.165, 1.54) is 0 Å². The van der Waals surface area contributed by atoms with Crippen LogP contribution >= 0.6 is 0 Å². The van der Waals surface area contributed by atoms with Crippen LogP contribution in [0.2, 0.25) is 0 Å². The van der Waals surface area contributed by atoms with Crippen LogP contribution in [-0.2, 0) is 4.74 Å². The molecule has 2 aromatic heterocycles. The topological polar surface area (TPSA) is 41.5 Å². The van der Waals surface area contributed by atoms with Crippen LogP contribution < -0.4 is 4.90 Å². The van der Waals surface area contributed by atoms with Gasteiger partial charge in [-0.05, 0) is 43.7 Å². The van der Waals surface area contributed by atoms with Crippen LogP contribution in [0.25, 0.3) is 11.1 Å². The standard InChI is InChI=1S/C19H26N4O/c1-16(2)24-14-13-22-9-11-23(12-10-22)19-4-3-18(15-21-19)17-5-7-20-8-6-17/h3-8,15-16H,9-14H2,1-2H3. The lowest BCUT2D eigenvalue weighted by molar-refractivity contribution is 0.0578. The average molecular weight is 326 g/mol. The Balaban J connectivity index is 1.51. The number of hydrogen-bond donors (Lipinski definition) is 0.